The minimum absolute atomic E-state index is 0. The van der Waals surface area contributed by atoms with Gasteiger partial charge in [0.05, 0.1) is 0 Å². The van der Waals surface area contributed by atoms with Crippen molar-refractivity contribution < 1.29 is 27.0 Å². The van der Waals surface area contributed by atoms with Gasteiger partial charge in [-0.05, 0) is 75.7 Å². The monoisotopic (exact) mass is 392 g/mol. The highest BCUT2D eigenvalue weighted by Gasteiger charge is 2.11. The van der Waals surface area contributed by atoms with Crippen LogP contribution in [0.5, 0.6) is 11.5 Å². The van der Waals surface area contributed by atoms with Gasteiger partial charge in [0.2, 0.25) is 0 Å². The average Bonchev–Trinajstić information content (AvgIpc) is 2.60. The second-order valence-corrected chi connectivity index (χ2v) is 6.02. The lowest BCUT2D eigenvalue weighted by Crippen LogP contribution is -3.00. The molecular weight excluding hydrogens is 366 g/mol. The molecule has 0 aromatic heterocycles. The summed E-state index contributed by atoms with van der Waals surface area (Å²) in [5, 5.41) is 14.9. The molecular formula is C20H27ClN3O3-. The van der Waals surface area contributed by atoms with Gasteiger partial charge in [0, 0.05) is 24.5 Å². The smallest absolute Gasteiger partial charge is 0.322 e. The van der Waals surface area contributed by atoms with Crippen molar-refractivity contribution in [3.63, 3.8) is 0 Å². The van der Waals surface area contributed by atoms with Crippen molar-refractivity contribution in [3.8, 4) is 11.5 Å². The van der Waals surface area contributed by atoms with Crippen LogP contribution in [0.15, 0.2) is 42.5 Å². The number of phenolic OH excluding ortho intramolecular Hbond substituents is 1. The van der Waals surface area contributed by atoms with Gasteiger partial charge in [0.25, 0.3) is 0 Å². The maximum absolute atomic E-state index is 12.2. The van der Waals surface area contributed by atoms with Crippen molar-refractivity contribution in [2.45, 2.75) is 33.9 Å². The molecule has 0 fully saturated rings. The maximum Gasteiger partial charge on any atom is 0.322 e. The van der Waals surface area contributed by atoms with Crippen molar-refractivity contribution >= 4 is 17.4 Å². The van der Waals surface area contributed by atoms with Crippen molar-refractivity contribution in [1.29, 1.82) is 0 Å². The van der Waals surface area contributed by atoms with Crippen LogP contribution < -0.4 is 32.7 Å². The van der Waals surface area contributed by atoms with E-state index in [2.05, 4.69) is 35.4 Å². The van der Waals surface area contributed by atoms with E-state index in [9.17, 15) is 9.90 Å². The van der Waals surface area contributed by atoms with Crippen LogP contribution in [0.25, 0.3) is 0 Å². The number of anilines is 2. The van der Waals surface area contributed by atoms with Crippen molar-refractivity contribution in [1.82, 2.24) is 5.32 Å². The van der Waals surface area contributed by atoms with E-state index in [1.165, 1.54) is 12.1 Å². The molecule has 0 saturated carbocycles. The minimum atomic E-state index is -0.519. The van der Waals surface area contributed by atoms with Crippen LogP contribution in [-0.2, 0) is 0 Å². The molecule has 0 aliphatic heterocycles. The maximum atomic E-state index is 12.2. The largest absolute Gasteiger partial charge is 1.00 e. The molecule has 2 aromatic carbocycles. The molecule has 2 aromatic rings. The third-order valence-electron chi connectivity index (χ3n) is 4.07. The fourth-order valence-corrected chi connectivity index (χ4v) is 2.67. The molecule has 6 nitrogen and oxygen atoms in total. The van der Waals surface area contributed by atoms with E-state index in [1.54, 1.807) is 19.1 Å². The molecule has 3 N–H and O–H groups in total. The number of hydrogen-bond acceptors (Lipinski definition) is 4. The average molecular weight is 393 g/mol. The Morgan fingerprint density at radius 1 is 1.15 bits per heavy atom. The van der Waals surface area contributed by atoms with E-state index < -0.39 is 6.23 Å². The number of hydrogen-bond donors (Lipinski definition) is 3. The highest BCUT2D eigenvalue weighted by Crippen LogP contribution is 2.22. The molecule has 2 rings (SSSR count). The number of halogens is 1. The molecule has 0 spiro atoms. The number of ether oxygens (including phenoxy) is 1. The van der Waals surface area contributed by atoms with E-state index in [4.69, 9.17) is 4.74 Å². The number of amides is 2. The molecule has 27 heavy (non-hydrogen) atoms. The zero-order valence-corrected chi connectivity index (χ0v) is 16.9. The normalized spacial score (nSPS) is 11.1. The number of aromatic hydroxyl groups is 1. The Labute approximate surface area is 166 Å². The van der Waals surface area contributed by atoms with Gasteiger partial charge in [-0.2, -0.15) is 0 Å². The number of nitrogens with zero attached hydrogens (tertiary/aromatic N) is 1. The van der Waals surface area contributed by atoms with Crippen LogP contribution in [0.1, 0.15) is 26.3 Å². The van der Waals surface area contributed by atoms with Crippen LogP contribution in [0.4, 0.5) is 16.2 Å². The molecule has 148 valence electrons. The Hall–Kier alpha value is -2.60. The lowest BCUT2D eigenvalue weighted by Gasteiger charge is -2.22. The van der Waals surface area contributed by atoms with E-state index >= 15 is 0 Å². The van der Waals surface area contributed by atoms with Gasteiger partial charge in [0.1, 0.15) is 11.5 Å². The predicted molar refractivity (Wildman–Crippen MR) is 105 cm³/mol. The minimum Gasteiger partial charge on any atom is -1.00 e. The first kappa shape index (κ1) is 22.4. The second-order valence-electron chi connectivity index (χ2n) is 6.02. The number of benzene rings is 2. The molecule has 0 aliphatic rings. The van der Waals surface area contributed by atoms with Gasteiger partial charge >= 0.3 is 6.03 Å². The Kier molecular flexibility index (Phi) is 8.75. The zero-order chi connectivity index (χ0) is 19.1. The zero-order valence-electron chi connectivity index (χ0n) is 16.1. The van der Waals surface area contributed by atoms with Gasteiger partial charge in [0.15, 0.2) is 6.23 Å². The molecule has 0 heterocycles. The summed E-state index contributed by atoms with van der Waals surface area (Å²) in [6.45, 7) is 9.83. The topological polar surface area (TPSA) is 73.8 Å². The molecule has 0 bridgehead atoms. The SMILES string of the molecule is CCN(CC)c1ccc(NC(=O)NC(C)Oc2ccc(O)cc2)c(C)c1.[Cl-]. The van der Waals surface area contributed by atoms with Crippen molar-refractivity contribution in [2.24, 2.45) is 0 Å². The summed E-state index contributed by atoms with van der Waals surface area (Å²) in [7, 11) is 0. The highest BCUT2D eigenvalue weighted by molar-refractivity contribution is 5.90. The third-order valence-corrected chi connectivity index (χ3v) is 4.07. The number of phenols is 1. The number of carbonyl (C=O) groups is 1. The summed E-state index contributed by atoms with van der Waals surface area (Å²) in [4.78, 5) is 14.5. The van der Waals surface area contributed by atoms with Crippen LogP contribution in [0, 0.1) is 6.92 Å². The summed E-state index contributed by atoms with van der Waals surface area (Å²) in [5.41, 5.74) is 2.90. The number of urea groups is 1. The van der Waals surface area contributed by atoms with Gasteiger partial charge in [-0.1, -0.05) is 0 Å². The summed E-state index contributed by atoms with van der Waals surface area (Å²) >= 11 is 0. The number of rotatable bonds is 7. The Morgan fingerprint density at radius 3 is 2.33 bits per heavy atom. The molecule has 0 radical (unpaired) electrons. The fraction of sp³-hybridized carbons (Fsp3) is 0.350. The molecule has 1 unspecified atom stereocenters. The standard InChI is InChI=1S/C20H27N3O3.ClH/c1-5-23(6-2)16-7-12-19(14(3)13-16)22-20(25)21-15(4)26-18-10-8-17(24)9-11-18;/h7-13,15,24H,5-6H2,1-4H3,(H2,21,22,25);1H/p-1. The molecule has 2 amide bonds. The lowest BCUT2D eigenvalue weighted by atomic mass is 10.1. The summed E-state index contributed by atoms with van der Waals surface area (Å²) in [6, 6.07) is 12.0. The van der Waals surface area contributed by atoms with E-state index in [0.717, 1.165) is 30.0 Å². The number of aryl methyl sites for hydroxylation is 1. The van der Waals surface area contributed by atoms with Crippen LogP contribution in [0.3, 0.4) is 0 Å². The van der Waals surface area contributed by atoms with Gasteiger partial charge in [-0.25, -0.2) is 4.79 Å². The summed E-state index contributed by atoms with van der Waals surface area (Å²) in [6.07, 6.45) is -0.519. The quantitative estimate of drug-likeness (QED) is 0.617. The Bertz CT molecular complexity index is 734. The van der Waals surface area contributed by atoms with Gasteiger partial charge in [-0.3, -0.25) is 0 Å². The Balaban J connectivity index is 0.00000364. The number of carbonyl (C=O) groups excluding carboxylic acids is 1. The first-order valence-electron chi connectivity index (χ1n) is 8.81. The fourth-order valence-electron chi connectivity index (χ4n) is 2.67. The van der Waals surface area contributed by atoms with Gasteiger partial charge < -0.3 is 37.8 Å². The van der Waals surface area contributed by atoms with E-state index in [1.807, 2.05) is 19.1 Å². The Morgan fingerprint density at radius 2 is 1.78 bits per heavy atom. The van der Waals surface area contributed by atoms with Crippen LogP contribution in [0.2, 0.25) is 0 Å². The lowest BCUT2D eigenvalue weighted by molar-refractivity contribution is -0.0000118. The van der Waals surface area contributed by atoms with Crippen molar-refractivity contribution in [3.05, 3.63) is 48.0 Å². The second kappa shape index (κ2) is 10.5. The van der Waals surface area contributed by atoms with Crippen molar-refractivity contribution in [2.75, 3.05) is 23.3 Å². The summed E-state index contributed by atoms with van der Waals surface area (Å²) < 4.78 is 5.60. The highest BCUT2D eigenvalue weighted by atomic mass is 35.5. The van der Waals surface area contributed by atoms with Crippen LogP contribution >= 0.6 is 0 Å². The third kappa shape index (κ3) is 6.57. The molecule has 0 aliphatic carbocycles. The first-order valence-corrected chi connectivity index (χ1v) is 8.81. The first-order chi connectivity index (χ1) is 12.4. The van der Waals surface area contributed by atoms with E-state index in [0.29, 0.717) is 5.75 Å². The summed E-state index contributed by atoms with van der Waals surface area (Å²) in [5.74, 6) is 0.731. The van der Waals surface area contributed by atoms with Crippen LogP contribution in [-0.4, -0.2) is 30.5 Å². The van der Waals surface area contributed by atoms with Gasteiger partial charge in [-0.15, -0.1) is 0 Å². The predicted octanol–water partition coefficient (Wildman–Crippen LogP) is 1.10. The van der Waals surface area contributed by atoms with E-state index in [-0.39, 0.29) is 24.2 Å². The molecule has 1 atom stereocenters. The molecule has 0 saturated heterocycles. The molecule has 7 heteroatoms. The number of nitrogens with one attached hydrogen (secondary N) is 2.